The number of pyridine rings is 1. The number of rotatable bonds is 6. The van der Waals surface area contributed by atoms with Crippen LogP contribution in [0.4, 0.5) is 0 Å². The number of nitrogens with zero attached hydrogens (tertiary/aromatic N) is 4. The van der Waals surface area contributed by atoms with Crippen molar-refractivity contribution in [2.24, 2.45) is 0 Å². The molecule has 1 saturated heterocycles. The van der Waals surface area contributed by atoms with Gasteiger partial charge in [0.25, 0.3) is 0 Å². The lowest BCUT2D eigenvalue weighted by Gasteiger charge is -2.18. The van der Waals surface area contributed by atoms with Crippen molar-refractivity contribution in [2.75, 3.05) is 27.3 Å². The molecule has 1 unspecified atom stereocenters. The molecule has 1 aromatic carbocycles. The summed E-state index contributed by atoms with van der Waals surface area (Å²) >= 11 is 0. The van der Waals surface area contributed by atoms with Crippen LogP contribution in [0.5, 0.6) is 11.5 Å². The van der Waals surface area contributed by atoms with Gasteiger partial charge in [0, 0.05) is 36.6 Å². The predicted molar refractivity (Wildman–Crippen MR) is 99.7 cm³/mol. The van der Waals surface area contributed by atoms with Crippen LogP contribution in [0.25, 0.3) is 11.4 Å². The van der Waals surface area contributed by atoms with Crippen molar-refractivity contribution in [2.45, 2.75) is 18.9 Å². The maximum Gasteiger partial charge on any atom is 0.231 e. The van der Waals surface area contributed by atoms with Crippen LogP contribution >= 0.6 is 0 Å². The van der Waals surface area contributed by atoms with Crippen molar-refractivity contribution in [3.8, 4) is 22.9 Å². The molecule has 7 nitrogen and oxygen atoms in total. The SMILES string of the molecule is COc1cccc(CN2CCC(c3nc(-c4cccnc4)no3)C2)c1OC. The third-order valence-corrected chi connectivity index (χ3v) is 4.86. The number of ether oxygens (including phenoxy) is 2. The molecule has 1 aliphatic rings. The van der Waals surface area contributed by atoms with Gasteiger partial charge in [0.2, 0.25) is 11.7 Å². The molecular formula is C20H22N4O3. The largest absolute Gasteiger partial charge is 0.493 e. The molecule has 0 spiro atoms. The molecule has 0 aliphatic carbocycles. The molecule has 2 aromatic heterocycles. The smallest absolute Gasteiger partial charge is 0.231 e. The number of hydrogen-bond acceptors (Lipinski definition) is 7. The lowest BCUT2D eigenvalue weighted by molar-refractivity contribution is 0.298. The third-order valence-electron chi connectivity index (χ3n) is 4.86. The molecule has 7 heteroatoms. The first-order chi connectivity index (χ1) is 13.3. The Morgan fingerprint density at radius 1 is 1.19 bits per heavy atom. The zero-order valence-corrected chi connectivity index (χ0v) is 15.5. The summed E-state index contributed by atoms with van der Waals surface area (Å²) in [4.78, 5) is 11.1. The van der Waals surface area contributed by atoms with E-state index >= 15 is 0 Å². The first-order valence-electron chi connectivity index (χ1n) is 8.94. The Bertz CT molecular complexity index is 897. The molecule has 1 aliphatic heterocycles. The second-order valence-corrected chi connectivity index (χ2v) is 6.57. The Hall–Kier alpha value is -2.93. The van der Waals surface area contributed by atoms with Gasteiger partial charge < -0.3 is 14.0 Å². The van der Waals surface area contributed by atoms with E-state index in [1.165, 1.54) is 0 Å². The lowest BCUT2D eigenvalue weighted by atomic mass is 10.1. The molecule has 3 aromatic rings. The van der Waals surface area contributed by atoms with Crippen LogP contribution in [0.15, 0.2) is 47.2 Å². The van der Waals surface area contributed by atoms with Crippen LogP contribution < -0.4 is 9.47 Å². The Labute approximate surface area is 157 Å². The van der Waals surface area contributed by atoms with Gasteiger partial charge in [0.15, 0.2) is 11.5 Å². The van der Waals surface area contributed by atoms with Crippen molar-refractivity contribution in [3.05, 3.63) is 54.2 Å². The first kappa shape index (κ1) is 17.5. The molecule has 0 radical (unpaired) electrons. The van der Waals surface area contributed by atoms with Crippen molar-refractivity contribution in [3.63, 3.8) is 0 Å². The maximum atomic E-state index is 5.54. The molecule has 3 heterocycles. The molecule has 27 heavy (non-hydrogen) atoms. The standard InChI is InChI=1S/C20H22N4O3/c1-25-17-7-3-5-15(18(17)26-2)12-24-10-8-16(13-24)20-22-19(23-27-20)14-6-4-9-21-11-14/h3-7,9,11,16H,8,10,12-13H2,1-2H3. The molecular weight excluding hydrogens is 344 g/mol. The molecule has 0 N–H and O–H groups in total. The Morgan fingerprint density at radius 2 is 2.11 bits per heavy atom. The van der Waals surface area contributed by atoms with E-state index in [-0.39, 0.29) is 5.92 Å². The van der Waals surface area contributed by atoms with Crippen LogP contribution in [0.1, 0.15) is 23.8 Å². The average molecular weight is 366 g/mol. The normalized spacial score (nSPS) is 17.2. The van der Waals surface area contributed by atoms with E-state index < -0.39 is 0 Å². The molecule has 0 bridgehead atoms. The fraction of sp³-hybridized carbons (Fsp3) is 0.350. The van der Waals surface area contributed by atoms with Crippen molar-refractivity contribution in [1.29, 1.82) is 0 Å². The predicted octanol–water partition coefficient (Wildman–Crippen LogP) is 3.14. The van der Waals surface area contributed by atoms with E-state index in [0.717, 1.165) is 48.7 Å². The minimum absolute atomic E-state index is 0.236. The Balaban J connectivity index is 1.45. The quantitative estimate of drug-likeness (QED) is 0.663. The average Bonchev–Trinajstić information content (AvgIpc) is 3.38. The van der Waals surface area contributed by atoms with Crippen LogP contribution in [-0.4, -0.2) is 47.3 Å². The maximum absolute atomic E-state index is 5.54. The fourth-order valence-electron chi connectivity index (χ4n) is 3.51. The van der Waals surface area contributed by atoms with Crippen LogP contribution in [0.3, 0.4) is 0 Å². The summed E-state index contributed by atoms with van der Waals surface area (Å²) in [5, 5.41) is 4.11. The third kappa shape index (κ3) is 3.64. The minimum Gasteiger partial charge on any atom is -0.493 e. The number of benzene rings is 1. The monoisotopic (exact) mass is 366 g/mol. The van der Waals surface area contributed by atoms with Crippen molar-refractivity contribution in [1.82, 2.24) is 20.0 Å². The number of likely N-dealkylation sites (tertiary alicyclic amines) is 1. The number of aromatic nitrogens is 3. The second-order valence-electron chi connectivity index (χ2n) is 6.57. The van der Waals surface area contributed by atoms with E-state index in [1.54, 1.807) is 26.6 Å². The molecule has 140 valence electrons. The summed E-state index contributed by atoms with van der Waals surface area (Å²) in [5.74, 6) is 3.06. The van der Waals surface area contributed by atoms with E-state index in [9.17, 15) is 0 Å². The number of para-hydroxylation sites is 1. The summed E-state index contributed by atoms with van der Waals surface area (Å²) in [6.07, 6.45) is 4.46. The lowest BCUT2D eigenvalue weighted by Crippen LogP contribution is -2.20. The highest BCUT2D eigenvalue weighted by atomic mass is 16.5. The van der Waals surface area contributed by atoms with Gasteiger partial charge in [-0.1, -0.05) is 17.3 Å². The highest BCUT2D eigenvalue weighted by Crippen LogP contribution is 2.34. The van der Waals surface area contributed by atoms with Gasteiger partial charge in [0.1, 0.15) is 0 Å². The van der Waals surface area contributed by atoms with Gasteiger partial charge in [-0.3, -0.25) is 9.88 Å². The Morgan fingerprint density at radius 3 is 2.89 bits per heavy atom. The van der Waals surface area contributed by atoms with Crippen molar-refractivity contribution < 1.29 is 14.0 Å². The van der Waals surface area contributed by atoms with Gasteiger partial charge in [-0.05, 0) is 31.2 Å². The highest BCUT2D eigenvalue weighted by Gasteiger charge is 2.29. The zero-order chi connectivity index (χ0) is 18.6. The molecule has 4 rings (SSSR count). The van der Waals surface area contributed by atoms with E-state index in [0.29, 0.717) is 11.7 Å². The van der Waals surface area contributed by atoms with E-state index in [1.807, 2.05) is 24.3 Å². The fourth-order valence-corrected chi connectivity index (χ4v) is 3.51. The number of hydrogen-bond donors (Lipinski definition) is 0. The molecule has 0 saturated carbocycles. The van der Waals surface area contributed by atoms with Crippen LogP contribution in [0, 0.1) is 0 Å². The summed E-state index contributed by atoms with van der Waals surface area (Å²) in [7, 11) is 3.33. The van der Waals surface area contributed by atoms with Gasteiger partial charge in [-0.25, -0.2) is 0 Å². The molecule has 1 fully saturated rings. The zero-order valence-electron chi connectivity index (χ0n) is 15.5. The summed E-state index contributed by atoms with van der Waals surface area (Å²) < 4.78 is 16.5. The highest BCUT2D eigenvalue weighted by molar-refractivity contribution is 5.52. The van der Waals surface area contributed by atoms with Crippen LogP contribution in [0.2, 0.25) is 0 Å². The topological polar surface area (TPSA) is 73.5 Å². The van der Waals surface area contributed by atoms with E-state index in [4.69, 9.17) is 14.0 Å². The number of methoxy groups -OCH3 is 2. The first-order valence-corrected chi connectivity index (χ1v) is 8.94. The Kier molecular flexibility index (Phi) is 5.02. The molecule has 0 amide bonds. The van der Waals surface area contributed by atoms with Gasteiger partial charge >= 0.3 is 0 Å². The van der Waals surface area contributed by atoms with Gasteiger partial charge in [-0.2, -0.15) is 4.98 Å². The summed E-state index contributed by atoms with van der Waals surface area (Å²) in [6, 6.07) is 9.76. The van der Waals surface area contributed by atoms with Gasteiger partial charge in [0.05, 0.1) is 20.1 Å². The summed E-state index contributed by atoms with van der Waals surface area (Å²) in [6.45, 7) is 2.63. The van der Waals surface area contributed by atoms with Gasteiger partial charge in [-0.15, -0.1) is 0 Å². The second kappa shape index (κ2) is 7.75. The van der Waals surface area contributed by atoms with Crippen molar-refractivity contribution >= 4 is 0 Å². The minimum atomic E-state index is 0.236. The molecule has 1 atom stereocenters. The van der Waals surface area contributed by atoms with Crippen LogP contribution in [-0.2, 0) is 6.54 Å². The summed E-state index contributed by atoms with van der Waals surface area (Å²) in [5.41, 5.74) is 1.97. The van der Waals surface area contributed by atoms with E-state index in [2.05, 4.69) is 26.1 Å².